The van der Waals surface area contributed by atoms with Gasteiger partial charge in [0.15, 0.2) is 0 Å². The zero-order chi connectivity index (χ0) is 17.7. The van der Waals surface area contributed by atoms with E-state index in [-0.39, 0.29) is 17.3 Å². The molecule has 0 aromatic heterocycles. The lowest BCUT2D eigenvalue weighted by Crippen LogP contribution is -2.46. The Bertz CT molecular complexity index is 379. The van der Waals surface area contributed by atoms with Crippen molar-refractivity contribution in [2.75, 3.05) is 0 Å². The lowest BCUT2D eigenvalue weighted by atomic mass is 9.62. The Hall–Kier alpha value is -1.06. The Morgan fingerprint density at radius 2 is 1.45 bits per heavy atom. The highest BCUT2D eigenvalue weighted by atomic mass is 16.4. The Kier molecular flexibility index (Phi) is 7.60. The standard InChI is InChI=1S/C18H34O4/c1-8-13(9-2)10-14(15(19)20)18(7,16(21)22)12(3)11-17(4,5)6/h12-14H,8-11H2,1-7H3,(H,19,20)(H,21,22). The Labute approximate surface area is 135 Å². The number of carbonyl (C=O) groups is 2. The molecule has 0 rings (SSSR count). The van der Waals surface area contributed by atoms with Crippen LogP contribution in [0.1, 0.15) is 74.1 Å². The van der Waals surface area contributed by atoms with Crippen LogP contribution in [-0.2, 0) is 9.59 Å². The number of rotatable bonds is 9. The van der Waals surface area contributed by atoms with Crippen LogP contribution in [0, 0.1) is 28.6 Å². The summed E-state index contributed by atoms with van der Waals surface area (Å²) in [5, 5.41) is 19.5. The molecule has 0 aliphatic heterocycles. The normalized spacial score (nSPS) is 17.8. The first kappa shape index (κ1) is 20.9. The zero-order valence-electron chi connectivity index (χ0n) is 15.3. The number of hydrogen-bond acceptors (Lipinski definition) is 2. The van der Waals surface area contributed by atoms with Gasteiger partial charge in [-0.1, -0.05) is 54.4 Å². The quantitative estimate of drug-likeness (QED) is 0.648. The molecule has 2 N–H and O–H groups in total. The maximum absolute atomic E-state index is 12.0. The van der Waals surface area contributed by atoms with Crippen molar-refractivity contribution in [3.63, 3.8) is 0 Å². The predicted molar refractivity (Wildman–Crippen MR) is 88.8 cm³/mol. The summed E-state index contributed by atoms with van der Waals surface area (Å²) in [6.45, 7) is 13.7. The van der Waals surface area contributed by atoms with E-state index < -0.39 is 23.3 Å². The van der Waals surface area contributed by atoms with Gasteiger partial charge in [-0.05, 0) is 37.0 Å². The van der Waals surface area contributed by atoms with Gasteiger partial charge in [0.05, 0.1) is 11.3 Å². The molecule has 0 fully saturated rings. The lowest BCUT2D eigenvalue weighted by molar-refractivity contribution is -0.167. The molecule has 0 bridgehead atoms. The topological polar surface area (TPSA) is 74.6 Å². The summed E-state index contributed by atoms with van der Waals surface area (Å²) in [7, 11) is 0. The summed E-state index contributed by atoms with van der Waals surface area (Å²) >= 11 is 0. The van der Waals surface area contributed by atoms with Crippen LogP contribution in [-0.4, -0.2) is 22.2 Å². The highest BCUT2D eigenvalue weighted by molar-refractivity contribution is 5.83. The van der Waals surface area contributed by atoms with Crippen LogP contribution in [0.4, 0.5) is 0 Å². The predicted octanol–water partition coefficient (Wildman–Crippen LogP) is 4.68. The molecule has 0 aliphatic rings. The monoisotopic (exact) mass is 314 g/mol. The fourth-order valence-electron chi connectivity index (χ4n) is 3.39. The van der Waals surface area contributed by atoms with E-state index in [0.717, 1.165) is 12.8 Å². The van der Waals surface area contributed by atoms with Crippen molar-refractivity contribution in [3.05, 3.63) is 0 Å². The van der Waals surface area contributed by atoms with Gasteiger partial charge in [-0.15, -0.1) is 0 Å². The highest BCUT2D eigenvalue weighted by Crippen LogP contribution is 2.45. The minimum absolute atomic E-state index is 0.0336. The average Bonchev–Trinajstić information content (AvgIpc) is 2.36. The molecule has 22 heavy (non-hydrogen) atoms. The van der Waals surface area contributed by atoms with Gasteiger partial charge in [0, 0.05) is 0 Å². The molecular weight excluding hydrogens is 280 g/mol. The Balaban J connectivity index is 5.62. The molecule has 0 heterocycles. The third-order valence-electron chi connectivity index (χ3n) is 5.15. The van der Waals surface area contributed by atoms with Crippen molar-refractivity contribution in [1.29, 1.82) is 0 Å². The molecule has 3 unspecified atom stereocenters. The lowest BCUT2D eigenvalue weighted by Gasteiger charge is -2.40. The van der Waals surface area contributed by atoms with Crippen LogP contribution in [0.3, 0.4) is 0 Å². The molecule has 130 valence electrons. The van der Waals surface area contributed by atoms with Crippen LogP contribution in [0.15, 0.2) is 0 Å². The first-order valence-corrected chi connectivity index (χ1v) is 8.36. The SMILES string of the molecule is CCC(CC)CC(C(=O)O)C(C)(C(=O)O)C(C)CC(C)(C)C. The second kappa shape index (κ2) is 7.98. The molecule has 4 heteroatoms. The molecule has 0 saturated heterocycles. The van der Waals surface area contributed by atoms with Gasteiger partial charge in [0.2, 0.25) is 0 Å². The van der Waals surface area contributed by atoms with Gasteiger partial charge in [0.25, 0.3) is 0 Å². The van der Waals surface area contributed by atoms with E-state index >= 15 is 0 Å². The van der Waals surface area contributed by atoms with Gasteiger partial charge in [-0.25, -0.2) is 0 Å². The van der Waals surface area contributed by atoms with E-state index in [1.165, 1.54) is 0 Å². The van der Waals surface area contributed by atoms with Crippen molar-refractivity contribution < 1.29 is 19.8 Å². The van der Waals surface area contributed by atoms with Crippen LogP contribution < -0.4 is 0 Å². The summed E-state index contributed by atoms with van der Waals surface area (Å²) in [6, 6.07) is 0. The number of carboxylic acid groups (broad SMARTS) is 2. The molecule has 3 atom stereocenters. The molecule has 0 aromatic carbocycles. The van der Waals surface area contributed by atoms with Gasteiger partial charge in [-0.3, -0.25) is 9.59 Å². The molecular formula is C18H34O4. The van der Waals surface area contributed by atoms with Gasteiger partial charge in [-0.2, -0.15) is 0 Å². The minimum Gasteiger partial charge on any atom is -0.481 e. The van der Waals surface area contributed by atoms with E-state index in [1.54, 1.807) is 6.92 Å². The van der Waals surface area contributed by atoms with Crippen molar-refractivity contribution in [1.82, 2.24) is 0 Å². The second-order valence-corrected chi connectivity index (χ2v) is 8.06. The smallest absolute Gasteiger partial charge is 0.310 e. The van der Waals surface area contributed by atoms with E-state index in [1.807, 2.05) is 20.8 Å². The molecule has 0 aliphatic carbocycles. The fraction of sp³-hybridized carbons (Fsp3) is 0.889. The third kappa shape index (κ3) is 5.29. The van der Waals surface area contributed by atoms with E-state index in [0.29, 0.717) is 12.8 Å². The zero-order valence-corrected chi connectivity index (χ0v) is 15.3. The summed E-state index contributed by atoms with van der Waals surface area (Å²) in [6.07, 6.45) is 2.87. The maximum atomic E-state index is 12.0. The molecule has 0 spiro atoms. The van der Waals surface area contributed by atoms with Crippen molar-refractivity contribution in [3.8, 4) is 0 Å². The number of carboxylic acids is 2. The Morgan fingerprint density at radius 1 is 1.00 bits per heavy atom. The molecule has 0 radical (unpaired) electrons. The average molecular weight is 314 g/mol. The number of aliphatic carboxylic acids is 2. The first-order valence-electron chi connectivity index (χ1n) is 8.36. The Morgan fingerprint density at radius 3 is 1.73 bits per heavy atom. The van der Waals surface area contributed by atoms with Crippen molar-refractivity contribution in [2.45, 2.75) is 74.1 Å². The van der Waals surface area contributed by atoms with Crippen molar-refractivity contribution in [2.24, 2.45) is 28.6 Å². The van der Waals surface area contributed by atoms with Crippen LogP contribution in [0.2, 0.25) is 0 Å². The fourth-order valence-corrected chi connectivity index (χ4v) is 3.39. The maximum Gasteiger partial charge on any atom is 0.310 e. The number of hydrogen-bond donors (Lipinski definition) is 2. The second-order valence-electron chi connectivity index (χ2n) is 8.06. The largest absolute Gasteiger partial charge is 0.481 e. The third-order valence-corrected chi connectivity index (χ3v) is 5.15. The van der Waals surface area contributed by atoms with Gasteiger partial charge in [0.1, 0.15) is 0 Å². The van der Waals surface area contributed by atoms with Gasteiger partial charge >= 0.3 is 11.9 Å². The van der Waals surface area contributed by atoms with Gasteiger partial charge < -0.3 is 10.2 Å². The van der Waals surface area contributed by atoms with Crippen LogP contribution in [0.5, 0.6) is 0 Å². The summed E-state index contributed by atoms with van der Waals surface area (Å²) in [5.74, 6) is -2.80. The molecule has 0 aromatic rings. The van der Waals surface area contributed by atoms with E-state index in [4.69, 9.17) is 0 Å². The molecule has 0 saturated carbocycles. The minimum atomic E-state index is -1.25. The first-order chi connectivity index (χ1) is 9.90. The van der Waals surface area contributed by atoms with Crippen LogP contribution in [0.25, 0.3) is 0 Å². The summed E-state index contributed by atoms with van der Waals surface area (Å²) < 4.78 is 0. The highest BCUT2D eigenvalue weighted by Gasteiger charge is 2.50. The summed E-state index contributed by atoms with van der Waals surface area (Å²) in [4.78, 5) is 23.8. The summed E-state index contributed by atoms with van der Waals surface area (Å²) in [5.41, 5.74) is -1.28. The van der Waals surface area contributed by atoms with E-state index in [2.05, 4.69) is 20.8 Å². The van der Waals surface area contributed by atoms with Crippen molar-refractivity contribution >= 4 is 11.9 Å². The molecule has 4 nitrogen and oxygen atoms in total. The molecule has 0 amide bonds. The van der Waals surface area contributed by atoms with Crippen LogP contribution >= 0.6 is 0 Å². The van der Waals surface area contributed by atoms with E-state index in [9.17, 15) is 19.8 Å².